The summed E-state index contributed by atoms with van der Waals surface area (Å²) < 4.78 is 6.31. The van der Waals surface area contributed by atoms with Crippen LogP contribution in [0.1, 0.15) is 19.5 Å². The van der Waals surface area contributed by atoms with Gasteiger partial charge in [-0.25, -0.2) is 0 Å². The summed E-state index contributed by atoms with van der Waals surface area (Å²) in [7, 11) is 3.81. The van der Waals surface area contributed by atoms with E-state index in [2.05, 4.69) is 56.2 Å². The minimum absolute atomic E-state index is 0.550. The summed E-state index contributed by atoms with van der Waals surface area (Å²) >= 11 is 5.00. The first-order valence-electron chi connectivity index (χ1n) is 7.87. The lowest BCUT2D eigenvalue weighted by atomic mass is 10.1. The maximum absolute atomic E-state index is 4.70. The molecule has 0 radical (unpaired) electrons. The average Bonchev–Trinajstić information content (AvgIpc) is 3.24. The van der Waals surface area contributed by atoms with Gasteiger partial charge in [-0.3, -0.25) is 9.36 Å². The smallest absolute Gasteiger partial charge is 0.235 e. The van der Waals surface area contributed by atoms with Crippen molar-refractivity contribution in [1.29, 1.82) is 0 Å². The molecule has 130 valence electrons. The van der Waals surface area contributed by atoms with Crippen molar-refractivity contribution in [3.63, 3.8) is 0 Å². The van der Waals surface area contributed by atoms with E-state index in [9.17, 15) is 0 Å². The minimum atomic E-state index is 0.550. The summed E-state index contributed by atoms with van der Waals surface area (Å²) in [6.45, 7) is 4.37. The lowest BCUT2D eigenvalue weighted by Crippen LogP contribution is -2.00. The van der Waals surface area contributed by atoms with E-state index in [-0.39, 0.29) is 0 Å². The SMILES string of the molecule is CC(C)Cc1cc(-c2nnc3sc(-c4c(Br)cnn4C)nn23)n(C)n1. The van der Waals surface area contributed by atoms with Gasteiger partial charge in [-0.15, -0.1) is 10.2 Å². The van der Waals surface area contributed by atoms with E-state index in [0.29, 0.717) is 11.7 Å². The van der Waals surface area contributed by atoms with E-state index in [0.717, 1.165) is 37.9 Å². The lowest BCUT2D eigenvalue weighted by Gasteiger charge is -1.98. The highest BCUT2D eigenvalue weighted by Crippen LogP contribution is 2.32. The van der Waals surface area contributed by atoms with Crippen molar-refractivity contribution in [3.8, 4) is 22.2 Å². The molecule has 0 aliphatic heterocycles. The van der Waals surface area contributed by atoms with Crippen molar-refractivity contribution in [2.45, 2.75) is 20.3 Å². The number of fused-ring (bicyclic) bond motifs is 1. The number of rotatable bonds is 4. The van der Waals surface area contributed by atoms with Gasteiger partial charge in [0.05, 0.1) is 16.4 Å². The van der Waals surface area contributed by atoms with Crippen LogP contribution in [-0.4, -0.2) is 39.4 Å². The third-order valence-electron chi connectivity index (χ3n) is 3.86. The van der Waals surface area contributed by atoms with Gasteiger partial charge in [-0.2, -0.15) is 19.8 Å². The normalized spacial score (nSPS) is 11.9. The van der Waals surface area contributed by atoms with Crippen LogP contribution in [0.25, 0.3) is 27.2 Å². The highest BCUT2D eigenvalue weighted by molar-refractivity contribution is 9.10. The summed E-state index contributed by atoms with van der Waals surface area (Å²) in [5, 5.41) is 23.0. The molecule has 4 aromatic heterocycles. The fraction of sp³-hybridized carbons (Fsp3) is 0.400. The number of aryl methyl sites for hydroxylation is 2. The van der Waals surface area contributed by atoms with E-state index >= 15 is 0 Å². The fourth-order valence-electron chi connectivity index (χ4n) is 2.78. The molecule has 0 aromatic carbocycles. The molecule has 4 heterocycles. The summed E-state index contributed by atoms with van der Waals surface area (Å²) in [6, 6.07) is 2.06. The van der Waals surface area contributed by atoms with Gasteiger partial charge in [0.15, 0.2) is 5.01 Å². The minimum Gasteiger partial charge on any atom is -0.264 e. The van der Waals surface area contributed by atoms with Crippen molar-refractivity contribution in [2.24, 2.45) is 20.0 Å². The molecule has 0 N–H and O–H groups in total. The van der Waals surface area contributed by atoms with Crippen LogP contribution in [0.3, 0.4) is 0 Å². The third-order valence-corrected chi connectivity index (χ3v) is 5.35. The lowest BCUT2D eigenvalue weighted by molar-refractivity contribution is 0.621. The Balaban J connectivity index is 1.81. The maximum Gasteiger partial charge on any atom is 0.235 e. The Bertz CT molecular complexity index is 1030. The van der Waals surface area contributed by atoms with Crippen LogP contribution < -0.4 is 0 Å². The number of halogens is 1. The van der Waals surface area contributed by atoms with Gasteiger partial charge in [0.2, 0.25) is 10.8 Å². The monoisotopic (exact) mass is 420 g/mol. The second kappa shape index (κ2) is 6.03. The summed E-state index contributed by atoms with van der Waals surface area (Å²) in [4.78, 5) is 0.740. The van der Waals surface area contributed by atoms with Gasteiger partial charge in [0.1, 0.15) is 11.4 Å². The van der Waals surface area contributed by atoms with Crippen LogP contribution in [0.5, 0.6) is 0 Å². The molecule has 0 saturated carbocycles. The molecule has 25 heavy (non-hydrogen) atoms. The molecule has 0 fully saturated rings. The highest BCUT2D eigenvalue weighted by atomic mass is 79.9. The van der Waals surface area contributed by atoms with Crippen LogP contribution in [-0.2, 0) is 20.5 Å². The van der Waals surface area contributed by atoms with Gasteiger partial charge in [0.25, 0.3) is 0 Å². The molecule has 4 aromatic rings. The van der Waals surface area contributed by atoms with Gasteiger partial charge in [-0.05, 0) is 34.3 Å². The van der Waals surface area contributed by atoms with Gasteiger partial charge in [0, 0.05) is 14.1 Å². The van der Waals surface area contributed by atoms with Gasteiger partial charge in [-0.1, -0.05) is 25.2 Å². The molecule has 0 bridgehead atoms. The Kier molecular flexibility index (Phi) is 3.95. The standard InChI is InChI=1S/C15H17BrN8S/c1-8(2)5-9-6-11(22(3)20-9)13-18-19-15-24(13)21-14(25-15)12-10(16)7-17-23(12)4/h6-8H,5H2,1-4H3. The molecule has 0 unspecified atom stereocenters. The van der Waals surface area contributed by atoms with Crippen LogP contribution in [0, 0.1) is 5.92 Å². The molecular formula is C15H17BrN8S. The highest BCUT2D eigenvalue weighted by Gasteiger charge is 2.20. The molecule has 4 rings (SSSR count). The van der Waals surface area contributed by atoms with Crippen LogP contribution in [0.4, 0.5) is 0 Å². The number of hydrogen-bond donors (Lipinski definition) is 0. The maximum atomic E-state index is 4.70. The Morgan fingerprint density at radius 3 is 2.64 bits per heavy atom. The van der Waals surface area contributed by atoms with Crippen LogP contribution in [0.2, 0.25) is 0 Å². The van der Waals surface area contributed by atoms with E-state index in [1.165, 1.54) is 11.3 Å². The van der Waals surface area contributed by atoms with E-state index in [1.807, 2.05) is 18.8 Å². The van der Waals surface area contributed by atoms with E-state index in [1.54, 1.807) is 15.4 Å². The first kappa shape index (κ1) is 16.4. The summed E-state index contributed by atoms with van der Waals surface area (Å²) in [5.41, 5.74) is 2.88. The first-order valence-corrected chi connectivity index (χ1v) is 9.48. The Morgan fingerprint density at radius 2 is 1.96 bits per heavy atom. The van der Waals surface area contributed by atoms with Crippen LogP contribution >= 0.6 is 27.3 Å². The van der Waals surface area contributed by atoms with Crippen molar-refractivity contribution in [1.82, 2.24) is 39.4 Å². The molecular weight excluding hydrogens is 404 g/mol. The van der Waals surface area contributed by atoms with Gasteiger partial charge >= 0.3 is 0 Å². The van der Waals surface area contributed by atoms with E-state index in [4.69, 9.17) is 5.10 Å². The average molecular weight is 421 g/mol. The molecule has 0 amide bonds. The number of hydrogen-bond acceptors (Lipinski definition) is 6. The molecule has 0 aliphatic rings. The quantitative estimate of drug-likeness (QED) is 0.506. The predicted molar refractivity (Wildman–Crippen MR) is 99.3 cm³/mol. The summed E-state index contributed by atoms with van der Waals surface area (Å²) in [5.74, 6) is 1.25. The third kappa shape index (κ3) is 2.78. The topological polar surface area (TPSA) is 78.7 Å². The van der Waals surface area contributed by atoms with Gasteiger partial charge < -0.3 is 0 Å². The Labute approximate surface area is 156 Å². The molecule has 0 spiro atoms. The predicted octanol–water partition coefficient (Wildman–Crippen LogP) is 2.95. The summed E-state index contributed by atoms with van der Waals surface area (Å²) in [6.07, 6.45) is 2.69. The molecule has 0 aliphatic carbocycles. The molecule has 10 heteroatoms. The second-order valence-corrected chi connectivity index (χ2v) is 8.14. The zero-order chi connectivity index (χ0) is 17.7. The second-order valence-electron chi connectivity index (χ2n) is 6.33. The zero-order valence-corrected chi connectivity index (χ0v) is 16.7. The zero-order valence-electron chi connectivity index (χ0n) is 14.3. The largest absolute Gasteiger partial charge is 0.264 e. The fourth-order valence-corrected chi connectivity index (χ4v) is 4.37. The van der Waals surface area contributed by atoms with Crippen LogP contribution in [0.15, 0.2) is 16.7 Å². The molecule has 0 saturated heterocycles. The Morgan fingerprint density at radius 1 is 1.16 bits per heavy atom. The van der Waals surface area contributed by atoms with Crippen molar-refractivity contribution in [3.05, 3.63) is 22.4 Å². The first-order chi connectivity index (χ1) is 11.9. The van der Waals surface area contributed by atoms with Crippen molar-refractivity contribution >= 4 is 32.2 Å². The van der Waals surface area contributed by atoms with E-state index < -0.39 is 0 Å². The number of aromatic nitrogens is 8. The van der Waals surface area contributed by atoms with Crippen molar-refractivity contribution < 1.29 is 0 Å². The Hall–Kier alpha value is -2.07. The molecule has 8 nitrogen and oxygen atoms in total. The van der Waals surface area contributed by atoms with Crippen molar-refractivity contribution in [2.75, 3.05) is 0 Å². The number of nitrogens with zero attached hydrogens (tertiary/aromatic N) is 8. The molecule has 0 atom stereocenters.